The first-order valence-corrected chi connectivity index (χ1v) is 9.09. The first kappa shape index (κ1) is 20.1. The number of nitrogens with zero attached hydrogens (tertiary/aromatic N) is 1. The number of para-hydroxylation sites is 1. The highest BCUT2D eigenvalue weighted by Gasteiger charge is 2.20. The molecule has 0 aliphatic rings. The highest BCUT2D eigenvalue weighted by Crippen LogP contribution is 2.31. The van der Waals surface area contributed by atoms with Crippen LogP contribution < -0.4 is 9.47 Å². The summed E-state index contributed by atoms with van der Waals surface area (Å²) in [7, 11) is 2.91. The zero-order valence-corrected chi connectivity index (χ0v) is 16.4. The van der Waals surface area contributed by atoms with Crippen molar-refractivity contribution in [3.63, 3.8) is 0 Å². The number of carbonyl (C=O) groups excluding carboxylic acids is 2. The molecule has 0 N–H and O–H groups in total. The van der Waals surface area contributed by atoms with E-state index in [9.17, 15) is 9.59 Å². The van der Waals surface area contributed by atoms with Crippen LogP contribution in [0.25, 0.3) is 0 Å². The Morgan fingerprint density at radius 3 is 2.50 bits per heavy atom. The lowest BCUT2D eigenvalue weighted by atomic mass is 10.2. The number of ether oxygens (including phenoxy) is 3. The van der Waals surface area contributed by atoms with Crippen LogP contribution in [0.1, 0.15) is 22.2 Å². The zero-order chi connectivity index (χ0) is 19.1. The third kappa shape index (κ3) is 4.89. The van der Waals surface area contributed by atoms with Gasteiger partial charge in [-0.1, -0.05) is 17.7 Å². The molecule has 0 unspecified atom stereocenters. The van der Waals surface area contributed by atoms with Gasteiger partial charge in [0.15, 0.2) is 18.1 Å². The summed E-state index contributed by atoms with van der Waals surface area (Å²) in [6.45, 7) is 2.42. The van der Waals surface area contributed by atoms with Crippen LogP contribution in [0.5, 0.6) is 11.5 Å². The first-order valence-electron chi connectivity index (χ1n) is 7.90. The molecule has 1 heterocycles. The molecule has 0 aliphatic carbocycles. The predicted molar refractivity (Wildman–Crippen MR) is 100 cm³/mol. The largest absolute Gasteiger partial charge is 0.493 e. The Kier molecular flexibility index (Phi) is 7.29. The average Bonchev–Trinajstić information content (AvgIpc) is 3.07. The number of rotatable bonds is 8. The van der Waals surface area contributed by atoms with Gasteiger partial charge < -0.3 is 19.1 Å². The van der Waals surface area contributed by atoms with Gasteiger partial charge in [0.05, 0.1) is 25.1 Å². The third-order valence-electron chi connectivity index (χ3n) is 3.66. The standard InChI is InChI=1S/C18H20ClNO5S/c1-4-20(10-12-8-9-15(19)26-12)16(21)11-25-18(22)13-6-5-7-14(23-2)17(13)24-3/h5-9H,4,10-11H2,1-3H3. The first-order chi connectivity index (χ1) is 12.5. The van der Waals surface area contributed by atoms with Gasteiger partial charge in [0.2, 0.25) is 0 Å². The highest BCUT2D eigenvalue weighted by atomic mass is 35.5. The van der Waals surface area contributed by atoms with Crippen molar-refractivity contribution in [3.8, 4) is 11.5 Å². The summed E-state index contributed by atoms with van der Waals surface area (Å²) in [5.41, 5.74) is 0.202. The molecule has 1 amide bonds. The average molecular weight is 398 g/mol. The van der Waals surface area contributed by atoms with Gasteiger partial charge in [-0.3, -0.25) is 4.79 Å². The zero-order valence-electron chi connectivity index (χ0n) is 14.8. The van der Waals surface area contributed by atoms with Crippen molar-refractivity contribution in [2.45, 2.75) is 13.5 Å². The van der Waals surface area contributed by atoms with Crippen molar-refractivity contribution < 1.29 is 23.8 Å². The number of likely N-dealkylation sites (N-methyl/N-ethyl adjacent to an activating group) is 1. The molecule has 0 atom stereocenters. The molecule has 8 heteroatoms. The maximum atomic E-state index is 12.4. The second-order valence-electron chi connectivity index (χ2n) is 5.23. The summed E-state index contributed by atoms with van der Waals surface area (Å²) in [5, 5.41) is 0. The van der Waals surface area contributed by atoms with E-state index in [1.165, 1.54) is 25.6 Å². The lowest BCUT2D eigenvalue weighted by molar-refractivity contribution is -0.134. The summed E-state index contributed by atoms with van der Waals surface area (Å²) in [4.78, 5) is 27.2. The summed E-state index contributed by atoms with van der Waals surface area (Å²) in [6.07, 6.45) is 0. The maximum absolute atomic E-state index is 12.4. The number of amides is 1. The minimum Gasteiger partial charge on any atom is -0.493 e. The van der Waals surface area contributed by atoms with E-state index in [-0.39, 0.29) is 23.8 Å². The fraction of sp³-hybridized carbons (Fsp3) is 0.333. The Balaban J connectivity index is 2.00. The number of esters is 1. The Hall–Kier alpha value is -2.25. The molecule has 0 aliphatic heterocycles. The molecule has 0 spiro atoms. The Morgan fingerprint density at radius 1 is 1.15 bits per heavy atom. The van der Waals surface area contributed by atoms with E-state index >= 15 is 0 Å². The fourth-order valence-corrected chi connectivity index (χ4v) is 3.45. The van der Waals surface area contributed by atoms with E-state index in [0.29, 0.717) is 23.2 Å². The SMILES string of the molecule is CCN(Cc1ccc(Cl)s1)C(=O)COC(=O)c1cccc(OC)c1OC. The van der Waals surface area contributed by atoms with Crippen molar-refractivity contribution in [2.24, 2.45) is 0 Å². The van der Waals surface area contributed by atoms with Crippen LogP contribution in [0, 0.1) is 0 Å². The number of benzene rings is 1. The Labute approximate surface area is 161 Å². The summed E-state index contributed by atoms with van der Waals surface area (Å²) in [6, 6.07) is 8.54. The fourth-order valence-electron chi connectivity index (χ4n) is 2.35. The third-order valence-corrected chi connectivity index (χ3v) is 4.88. The number of carbonyl (C=O) groups is 2. The predicted octanol–water partition coefficient (Wildman–Crippen LogP) is 3.62. The molecule has 6 nitrogen and oxygen atoms in total. The van der Waals surface area contributed by atoms with Gasteiger partial charge in [-0.25, -0.2) is 4.79 Å². The molecule has 26 heavy (non-hydrogen) atoms. The topological polar surface area (TPSA) is 65.1 Å². The molecule has 0 radical (unpaired) electrons. The molecule has 1 aromatic heterocycles. The van der Waals surface area contributed by atoms with Crippen molar-refractivity contribution in [2.75, 3.05) is 27.4 Å². The number of hydrogen-bond donors (Lipinski definition) is 0. The number of methoxy groups -OCH3 is 2. The number of hydrogen-bond acceptors (Lipinski definition) is 6. The smallest absolute Gasteiger partial charge is 0.342 e. The minimum absolute atomic E-state index is 0.202. The molecule has 0 saturated heterocycles. The van der Waals surface area contributed by atoms with E-state index < -0.39 is 5.97 Å². The van der Waals surface area contributed by atoms with Crippen LogP contribution in [-0.2, 0) is 16.1 Å². The van der Waals surface area contributed by atoms with Gasteiger partial charge in [0, 0.05) is 11.4 Å². The van der Waals surface area contributed by atoms with E-state index in [1.807, 2.05) is 13.0 Å². The summed E-state index contributed by atoms with van der Waals surface area (Å²) < 4.78 is 16.2. The Morgan fingerprint density at radius 2 is 1.92 bits per heavy atom. The number of thiophene rings is 1. The molecule has 140 valence electrons. The van der Waals surface area contributed by atoms with Gasteiger partial charge >= 0.3 is 5.97 Å². The van der Waals surface area contributed by atoms with E-state index in [2.05, 4.69) is 0 Å². The lowest BCUT2D eigenvalue weighted by Gasteiger charge is -2.20. The molecule has 0 saturated carbocycles. The maximum Gasteiger partial charge on any atom is 0.342 e. The quantitative estimate of drug-likeness (QED) is 0.636. The molecule has 0 fully saturated rings. The van der Waals surface area contributed by atoms with Crippen LogP contribution >= 0.6 is 22.9 Å². The second kappa shape index (κ2) is 9.45. The molecule has 0 bridgehead atoms. The van der Waals surface area contributed by atoms with E-state index in [0.717, 1.165) is 4.88 Å². The van der Waals surface area contributed by atoms with Crippen LogP contribution in [0.4, 0.5) is 0 Å². The van der Waals surface area contributed by atoms with Crippen molar-refractivity contribution in [3.05, 3.63) is 45.1 Å². The van der Waals surface area contributed by atoms with E-state index in [4.69, 9.17) is 25.8 Å². The van der Waals surface area contributed by atoms with Crippen molar-refractivity contribution in [1.29, 1.82) is 0 Å². The van der Waals surface area contributed by atoms with Gasteiger partial charge in [0.25, 0.3) is 5.91 Å². The summed E-state index contributed by atoms with van der Waals surface area (Å²) >= 11 is 7.33. The van der Waals surface area contributed by atoms with Gasteiger partial charge in [0.1, 0.15) is 5.56 Å². The molecule has 2 aromatic rings. The molecular formula is C18H20ClNO5S. The van der Waals surface area contributed by atoms with Gasteiger partial charge in [-0.05, 0) is 31.2 Å². The minimum atomic E-state index is -0.649. The second-order valence-corrected chi connectivity index (χ2v) is 7.03. The van der Waals surface area contributed by atoms with Crippen LogP contribution in [0.3, 0.4) is 0 Å². The summed E-state index contributed by atoms with van der Waals surface area (Å²) in [5.74, 6) is -0.248. The van der Waals surface area contributed by atoms with Gasteiger partial charge in [-0.15, -0.1) is 11.3 Å². The lowest BCUT2D eigenvalue weighted by Crippen LogP contribution is -2.33. The molecule has 2 rings (SSSR count). The Bertz CT molecular complexity index is 777. The monoisotopic (exact) mass is 397 g/mol. The number of halogens is 1. The normalized spacial score (nSPS) is 10.3. The molecule has 1 aromatic carbocycles. The van der Waals surface area contributed by atoms with Crippen LogP contribution in [0.2, 0.25) is 4.34 Å². The van der Waals surface area contributed by atoms with Gasteiger partial charge in [-0.2, -0.15) is 0 Å². The van der Waals surface area contributed by atoms with Crippen molar-refractivity contribution >= 4 is 34.8 Å². The van der Waals surface area contributed by atoms with Crippen molar-refractivity contribution in [1.82, 2.24) is 4.90 Å². The van der Waals surface area contributed by atoms with Crippen LogP contribution in [0.15, 0.2) is 30.3 Å². The van der Waals surface area contributed by atoms with Crippen LogP contribution in [-0.4, -0.2) is 44.1 Å². The highest BCUT2D eigenvalue weighted by molar-refractivity contribution is 7.16. The van der Waals surface area contributed by atoms with E-state index in [1.54, 1.807) is 29.2 Å². The molecular weight excluding hydrogens is 378 g/mol.